The first kappa shape index (κ1) is 31.1. The lowest BCUT2D eigenvalue weighted by atomic mass is 9.91. The topological polar surface area (TPSA) is 108 Å². The van der Waals surface area contributed by atoms with Crippen LogP contribution in [-0.4, -0.2) is 35.0 Å². The molecule has 0 aliphatic carbocycles. The third-order valence-electron chi connectivity index (χ3n) is 4.89. The van der Waals surface area contributed by atoms with Gasteiger partial charge in [0.2, 0.25) is 0 Å². The van der Waals surface area contributed by atoms with Crippen LogP contribution in [0.2, 0.25) is 0 Å². The number of ether oxygens (including phenoxy) is 2. The molecule has 1 N–H and O–H groups in total. The lowest BCUT2D eigenvalue weighted by Crippen LogP contribution is -2.32. The number of esters is 2. The van der Waals surface area contributed by atoms with Crippen LogP contribution in [0, 0.1) is 11.3 Å². The van der Waals surface area contributed by atoms with E-state index in [2.05, 4.69) is 5.48 Å². The highest BCUT2D eigenvalue weighted by Crippen LogP contribution is 2.22. The number of nitrogens with one attached hydrogen (secondary N) is 1. The molecule has 0 aliphatic heterocycles. The van der Waals surface area contributed by atoms with Crippen molar-refractivity contribution in [2.24, 2.45) is 11.3 Å². The standard InChI is InChI=1S/C28H43NO7/c1-26(2,3)17-16-23(31)36-29-22(30)15-14-21(25(33)35-28(7,8)9)18-19-10-12-20(13-11-19)24(32)34-27(4,5)6/h10-13,21H,14-18H2,1-9H3,(H,29,30). The number of carbonyl (C=O) groups is 4. The molecule has 0 saturated carbocycles. The molecule has 0 bridgehead atoms. The van der Waals surface area contributed by atoms with Gasteiger partial charge in [-0.25, -0.2) is 9.59 Å². The van der Waals surface area contributed by atoms with Crippen molar-refractivity contribution in [3.05, 3.63) is 35.4 Å². The van der Waals surface area contributed by atoms with E-state index in [1.165, 1.54) is 0 Å². The Balaban J connectivity index is 2.77. The molecule has 0 fully saturated rings. The fourth-order valence-electron chi connectivity index (χ4n) is 3.09. The minimum absolute atomic E-state index is 0.0191. The minimum atomic E-state index is -0.680. The van der Waals surface area contributed by atoms with Gasteiger partial charge in [-0.3, -0.25) is 9.59 Å². The summed E-state index contributed by atoms with van der Waals surface area (Å²) >= 11 is 0. The Bertz CT molecular complexity index is 900. The Morgan fingerprint density at radius 1 is 0.806 bits per heavy atom. The van der Waals surface area contributed by atoms with E-state index in [1.807, 2.05) is 20.8 Å². The quantitative estimate of drug-likeness (QED) is 0.275. The van der Waals surface area contributed by atoms with Crippen LogP contribution in [0.3, 0.4) is 0 Å². The molecule has 8 heteroatoms. The van der Waals surface area contributed by atoms with Gasteiger partial charge in [0.1, 0.15) is 11.2 Å². The molecule has 0 saturated heterocycles. The molecule has 1 rings (SSSR count). The largest absolute Gasteiger partial charge is 0.460 e. The van der Waals surface area contributed by atoms with E-state index in [9.17, 15) is 19.2 Å². The average molecular weight is 506 g/mol. The van der Waals surface area contributed by atoms with Crippen LogP contribution in [0.4, 0.5) is 0 Å². The average Bonchev–Trinajstić information content (AvgIpc) is 2.71. The zero-order valence-corrected chi connectivity index (χ0v) is 23.3. The number of hydrogen-bond donors (Lipinski definition) is 1. The predicted octanol–water partition coefficient (Wildman–Crippen LogP) is 5.32. The fraction of sp³-hybridized carbons (Fsp3) is 0.643. The smallest absolute Gasteiger partial charge is 0.338 e. The zero-order chi connectivity index (χ0) is 27.7. The summed E-state index contributed by atoms with van der Waals surface area (Å²) in [6, 6.07) is 6.82. The van der Waals surface area contributed by atoms with Crippen LogP contribution in [0.1, 0.15) is 104 Å². The molecule has 0 heterocycles. The van der Waals surface area contributed by atoms with E-state index in [1.54, 1.807) is 65.8 Å². The van der Waals surface area contributed by atoms with E-state index < -0.39 is 40.9 Å². The van der Waals surface area contributed by atoms with Crippen LogP contribution in [-0.2, 0) is 35.1 Å². The number of hydrogen-bond acceptors (Lipinski definition) is 7. The second kappa shape index (κ2) is 12.9. The SMILES string of the molecule is CC(C)(C)CCC(=O)ONC(=O)CCC(Cc1ccc(C(=O)OC(C)(C)C)cc1)C(=O)OC(C)(C)C. The Morgan fingerprint density at radius 2 is 1.36 bits per heavy atom. The van der Waals surface area contributed by atoms with Crippen molar-refractivity contribution >= 4 is 23.8 Å². The van der Waals surface area contributed by atoms with E-state index in [-0.39, 0.29) is 24.7 Å². The summed E-state index contributed by atoms with van der Waals surface area (Å²) in [7, 11) is 0. The van der Waals surface area contributed by atoms with Gasteiger partial charge in [0.05, 0.1) is 11.5 Å². The molecule has 1 atom stereocenters. The number of benzene rings is 1. The Labute approximate surface area is 215 Å². The fourth-order valence-corrected chi connectivity index (χ4v) is 3.09. The lowest BCUT2D eigenvalue weighted by molar-refractivity contribution is -0.162. The normalized spacial score (nSPS) is 12.9. The first-order chi connectivity index (χ1) is 16.3. The van der Waals surface area contributed by atoms with Gasteiger partial charge >= 0.3 is 17.9 Å². The number of carbonyl (C=O) groups excluding carboxylic acids is 4. The maximum atomic E-state index is 12.8. The molecule has 0 aliphatic rings. The Morgan fingerprint density at radius 3 is 1.86 bits per heavy atom. The summed E-state index contributed by atoms with van der Waals surface area (Å²) in [4.78, 5) is 54.1. The van der Waals surface area contributed by atoms with Crippen LogP contribution >= 0.6 is 0 Å². The first-order valence-corrected chi connectivity index (χ1v) is 12.4. The van der Waals surface area contributed by atoms with Crippen LogP contribution in [0.5, 0.6) is 0 Å². The molecule has 202 valence electrons. The molecule has 1 aromatic rings. The van der Waals surface area contributed by atoms with E-state index in [0.29, 0.717) is 18.4 Å². The molecule has 0 spiro atoms. The summed E-state index contributed by atoms with van der Waals surface area (Å²) in [6.45, 7) is 16.8. The molecule has 1 unspecified atom stereocenters. The van der Waals surface area contributed by atoms with Gasteiger partial charge in [-0.05, 0) is 83.9 Å². The van der Waals surface area contributed by atoms with Gasteiger partial charge in [0, 0.05) is 12.8 Å². The van der Waals surface area contributed by atoms with Gasteiger partial charge in [0.15, 0.2) is 0 Å². The van der Waals surface area contributed by atoms with Gasteiger partial charge in [-0.2, -0.15) is 5.48 Å². The zero-order valence-electron chi connectivity index (χ0n) is 23.3. The highest BCUT2D eigenvalue weighted by atomic mass is 16.7. The summed E-state index contributed by atoms with van der Waals surface area (Å²) < 4.78 is 10.9. The highest BCUT2D eigenvalue weighted by Gasteiger charge is 2.27. The van der Waals surface area contributed by atoms with Gasteiger partial charge in [0.25, 0.3) is 5.91 Å². The highest BCUT2D eigenvalue weighted by molar-refractivity contribution is 5.89. The Hall–Kier alpha value is -2.90. The molecule has 8 nitrogen and oxygen atoms in total. The minimum Gasteiger partial charge on any atom is -0.460 e. The number of amides is 1. The van der Waals surface area contributed by atoms with Crippen molar-refractivity contribution in [2.75, 3.05) is 0 Å². The van der Waals surface area contributed by atoms with Crippen LogP contribution in [0.15, 0.2) is 24.3 Å². The second-order valence-corrected chi connectivity index (χ2v) is 12.2. The molecule has 1 amide bonds. The van der Waals surface area contributed by atoms with Gasteiger partial charge < -0.3 is 14.3 Å². The summed E-state index contributed by atoms with van der Waals surface area (Å²) in [5, 5.41) is 0. The van der Waals surface area contributed by atoms with Crippen molar-refractivity contribution in [2.45, 2.75) is 106 Å². The molecule has 0 aromatic heterocycles. The van der Waals surface area contributed by atoms with E-state index in [0.717, 1.165) is 5.56 Å². The van der Waals surface area contributed by atoms with Gasteiger partial charge in [-0.1, -0.05) is 32.9 Å². The third-order valence-corrected chi connectivity index (χ3v) is 4.89. The van der Waals surface area contributed by atoms with Crippen LogP contribution in [0.25, 0.3) is 0 Å². The Kier molecular flexibility index (Phi) is 11.1. The maximum absolute atomic E-state index is 12.8. The monoisotopic (exact) mass is 505 g/mol. The summed E-state index contributed by atoms with van der Waals surface area (Å²) in [6.07, 6.45) is 1.33. The van der Waals surface area contributed by atoms with E-state index >= 15 is 0 Å². The van der Waals surface area contributed by atoms with Crippen molar-refractivity contribution in [1.29, 1.82) is 0 Å². The predicted molar refractivity (Wildman–Crippen MR) is 137 cm³/mol. The maximum Gasteiger partial charge on any atom is 0.338 e. The van der Waals surface area contributed by atoms with Crippen molar-refractivity contribution < 1.29 is 33.5 Å². The third kappa shape index (κ3) is 13.9. The first-order valence-electron chi connectivity index (χ1n) is 12.4. The molecular weight excluding hydrogens is 462 g/mol. The summed E-state index contributed by atoms with van der Waals surface area (Å²) in [5.41, 5.74) is 2.10. The molecule has 0 radical (unpaired) electrons. The summed E-state index contributed by atoms with van der Waals surface area (Å²) in [5.74, 6) is -2.45. The van der Waals surface area contributed by atoms with Crippen LogP contribution < -0.4 is 5.48 Å². The molecule has 36 heavy (non-hydrogen) atoms. The molecular formula is C28H43NO7. The second-order valence-electron chi connectivity index (χ2n) is 12.2. The van der Waals surface area contributed by atoms with Crippen molar-refractivity contribution in [3.8, 4) is 0 Å². The molecule has 1 aromatic carbocycles. The van der Waals surface area contributed by atoms with E-state index in [4.69, 9.17) is 14.3 Å². The van der Waals surface area contributed by atoms with Gasteiger partial charge in [-0.15, -0.1) is 0 Å². The van der Waals surface area contributed by atoms with Crippen molar-refractivity contribution in [1.82, 2.24) is 5.48 Å². The number of rotatable bonds is 9. The van der Waals surface area contributed by atoms with Crippen molar-refractivity contribution in [3.63, 3.8) is 0 Å². The number of hydroxylamine groups is 1. The lowest BCUT2D eigenvalue weighted by Gasteiger charge is -2.24.